The molecule has 3 heteroatoms. The van der Waals surface area contributed by atoms with E-state index in [1.54, 1.807) is 0 Å². The molecule has 22 heavy (non-hydrogen) atoms. The fraction of sp³-hybridized carbons (Fsp3) is 0.947. The number of carbonyl (C=O) groups is 1. The highest BCUT2D eigenvalue weighted by Crippen LogP contribution is 2.51. The number of ketones is 1. The molecule has 0 N–H and O–H groups in total. The Bertz CT molecular complexity index is 410. The minimum atomic E-state index is -1.46. The van der Waals surface area contributed by atoms with Gasteiger partial charge < -0.3 is 4.43 Å². The van der Waals surface area contributed by atoms with Crippen molar-refractivity contribution in [2.45, 2.75) is 97.4 Å². The summed E-state index contributed by atoms with van der Waals surface area (Å²) in [5.74, 6) is 2.13. The van der Waals surface area contributed by atoms with Crippen LogP contribution in [-0.4, -0.2) is 19.7 Å². The smallest absolute Gasteiger partial charge is 0.184 e. The van der Waals surface area contributed by atoms with Crippen molar-refractivity contribution in [2.75, 3.05) is 0 Å². The molecule has 0 aliphatic heterocycles. The molecule has 0 aromatic heterocycles. The standard InChI is InChI=1S/C19H36O2Si/c1-18(2,21-22(4,5)6)11-9-15-10-12-19(3)14-17(20)8-7-16(19)13-15/h15-16H,7-14H2,1-6H3/t15-,16?,19+/m0/s1. The van der Waals surface area contributed by atoms with E-state index >= 15 is 0 Å². The first-order chi connectivity index (χ1) is 9.99. The molecule has 2 rings (SSSR count). The lowest BCUT2D eigenvalue weighted by molar-refractivity contribution is -0.127. The highest BCUT2D eigenvalue weighted by molar-refractivity contribution is 6.69. The minimum absolute atomic E-state index is 0.0216. The first-order valence-corrected chi connectivity index (χ1v) is 12.6. The van der Waals surface area contributed by atoms with Crippen molar-refractivity contribution in [3.63, 3.8) is 0 Å². The lowest BCUT2D eigenvalue weighted by Crippen LogP contribution is -2.41. The summed E-state index contributed by atoms with van der Waals surface area (Å²) in [7, 11) is -1.46. The van der Waals surface area contributed by atoms with E-state index in [9.17, 15) is 4.79 Å². The number of hydrogen-bond acceptors (Lipinski definition) is 2. The van der Waals surface area contributed by atoms with Gasteiger partial charge in [0, 0.05) is 12.8 Å². The Morgan fingerprint density at radius 1 is 1.27 bits per heavy atom. The summed E-state index contributed by atoms with van der Waals surface area (Å²) in [6, 6.07) is 0. The maximum Gasteiger partial charge on any atom is 0.184 e. The maximum absolute atomic E-state index is 11.8. The molecule has 0 aromatic rings. The second-order valence-corrected chi connectivity index (χ2v) is 14.2. The summed E-state index contributed by atoms with van der Waals surface area (Å²) in [6.45, 7) is 13.7. The molecule has 3 atom stereocenters. The molecule has 128 valence electrons. The Balaban J connectivity index is 1.85. The van der Waals surface area contributed by atoms with Gasteiger partial charge in [-0.05, 0) is 89.3 Å². The van der Waals surface area contributed by atoms with Crippen LogP contribution in [0.3, 0.4) is 0 Å². The first-order valence-electron chi connectivity index (χ1n) is 9.21. The molecule has 0 bridgehead atoms. The van der Waals surface area contributed by atoms with Gasteiger partial charge in [-0.2, -0.15) is 0 Å². The average Bonchev–Trinajstić information content (AvgIpc) is 2.33. The van der Waals surface area contributed by atoms with Crippen molar-refractivity contribution in [3.05, 3.63) is 0 Å². The highest BCUT2D eigenvalue weighted by Gasteiger charge is 2.43. The fourth-order valence-electron chi connectivity index (χ4n) is 4.81. The molecule has 0 saturated heterocycles. The second-order valence-electron chi connectivity index (χ2n) is 9.76. The van der Waals surface area contributed by atoms with Crippen molar-refractivity contribution in [1.29, 1.82) is 0 Å². The van der Waals surface area contributed by atoms with E-state index in [0.717, 1.165) is 31.1 Å². The quantitative estimate of drug-likeness (QED) is 0.618. The second kappa shape index (κ2) is 6.39. The molecule has 0 aromatic carbocycles. The van der Waals surface area contributed by atoms with Crippen LogP contribution in [0.25, 0.3) is 0 Å². The van der Waals surface area contributed by atoms with Crippen molar-refractivity contribution in [2.24, 2.45) is 17.3 Å². The van der Waals surface area contributed by atoms with Gasteiger partial charge in [0.2, 0.25) is 0 Å². The molecule has 2 saturated carbocycles. The van der Waals surface area contributed by atoms with Crippen molar-refractivity contribution in [3.8, 4) is 0 Å². The van der Waals surface area contributed by atoms with Gasteiger partial charge in [0.05, 0.1) is 5.60 Å². The van der Waals surface area contributed by atoms with E-state index in [2.05, 4.69) is 40.4 Å². The van der Waals surface area contributed by atoms with Crippen molar-refractivity contribution >= 4 is 14.1 Å². The Morgan fingerprint density at radius 2 is 1.95 bits per heavy atom. The van der Waals surface area contributed by atoms with Gasteiger partial charge in [-0.25, -0.2) is 0 Å². The van der Waals surface area contributed by atoms with Crippen LogP contribution in [0.2, 0.25) is 19.6 Å². The zero-order chi connectivity index (χ0) is 16.6. The topological polar surface area (TPSA) is 26.3 Å². The van der Waals surface area contributed by atoms with Crippen LogP contribution in [0.4, 0.5) is 0 Å². The third-order valence-electron chi connectivity index (χ3n) is 5.84. The molecule has 0 amide bonds. The number of carbonyl (C=O) groups excluding carboxylic acids is 1. The number of rotatable bonds is 5. The molecule has 2 aliphatic carbocycles. The van der Waals surface area contributed by atoms with E-state index in [1.165, 1.54) is 32.1 Å². The van der Waals surface area contributed by atoms with Crippen LogP contribution >= 0.6 is 0 Å². The summed E-state index contributed by atoms with van der Waals surface area (Å²) in [4.78, 5) is 11.8. The molecular weight excluding hydrogens is 288 g/mol. The van der Waals surface area contributed by atoms with Crippen LogP contribution in [0.15, 0.2) is 0 Å². The van der Waals surface area contributed by atoms with Crippen LogP contribution in [0.1, 0.15) is 72.1 Å². The summed E-state index contributed by atoms with van der Waals surface area (Å²) in [5.41, 5.74) is 0.337. The lowest BCUT2D eigenvalue weighted by atomic mass is 9.57. The van der Waals surface area contributed by atoms with E-state index in [4.69, 9.17) is 4.43 Å². The maximum atomic E-state index is 11.8. The number of Topliss-reactive ketones (excluding diaryl/α,β-unsaturated/α-hetero) is 1. The Kier molecular flexibility index (Phi) is 5.28. The summed E-state index contributed by atoms with van der Waals surface area (Å²) in [5, 5.41) is 0. The van der Waals surface area contributed by atoms with E-state index in [-0.39, 0.29) is 5.60 Å². The minimum Gasteiger partial charge on any atom is -0.413 e. The zero-order valence-electron chi connectivity index (χ0n) is 15.6. The van der Waals surface area contributed by atoms with Gasteiger partial charge in [-0.3, -0.25) is 4.79 Å². The van der Waals surface area contributed by atoms with Crippen LogP contribution in [0.5, 0.6) is 0 Å². The van der Waals surface area contributed by atoms with Crippen molar-refractivity contribution < 1.29 is 9.22 Å². The largest absolute Gasteiger partial charge is 0.413 e. The van der Waals surface area contributed by atoms with Crippen LogP contribution in [-0.2, 0) is 9.22 Å². The van der Waals surface area contributed by atoms with Gasteiger partial charge in [-0.1, -0.05) is 6.92 Å². The lowest BCUT2D eigenvalue weighted by Gasteiger charge is -2.47. The first kappa shape index (κ1) is 18.2. The predicted octanol–water partition coefficient (Wildman–Crippen LogP) is 5.57. The van der Waals surface area contributed by atoms with E-state index in [0.29, 0.717) is 11.2 Å². The molecule has 2 fully saturated rings. The van der Waals surface area contributed by atoms with Gasteiger partial charge in [0.25, 0.3) is 0 Å². The normalized spacial score (nSPS) is 33.6. The van der Waals surface area contributed by atoms with Gasteiger partial charge >= 0.3 is 0 Å². The third-order valence-corrected chi connectivity index (χ3v) is 7.00. The average molecular weight is 325 g/mol. The summed E-state index contributed by atoms with van der Waals surface area (Å²) < 4.78 is 6.35. The molecule has 1 unspecified atom stereocenters. The molecular formula is C19H36O2Si. The third kappa shape index (κ3) is 4.92. The highest BCUT2D eigenvalue weighted by atomic mass is 28.4. The molecule has 2 aliphatic rings. The number of hydrogen-bond donors (Lipinski definition) is 0. The molecule has 0 radical (unpaired) electrons. The van der Waals surface area contributed by atoms with Crippen molar-refractivity contribution in [1.82, 2.24) is 0 Å². The van der Waals surface area contributed by atoms with E-state index < -0.39 is 8.32 Å². The number of fused-ring (bicyclic) bond motifs is 1. The Morgan fingerprint density at radius 3 is 2.59 bits per heavy atom. The SMILES string of the molecule is CC(C)(CC[C@H]1CC[C@]2(C)CC(=O)CCC2C1)O[Si](C)(C)C. The van der Waals surface area contributed by atoms with Gasteiger partial charge in [-0.15, -0.1) is 0 Å². The van der Waals surface area contributed by atoms with Crippen LogP contribution < -0.4 is 0 Å². The van der Waals surface area contributed by atoms with Crippen LogP contribution in [0, 0.1) is 17.3 Å². The summed E-state index contributed by atoms with van der Waals surface area (Å²) in [6.07, 6.45) is 9.17. The zero-order valence-corrected chi connectivity index (χ0v) is 16.6. The monoisotopic (exact) mass is 324 g/mol. The Hall–Kier alpha value is -0.153. The molecule has 0 heterocycles. The van der Waals surface area contributed by atoms with E-state index in [1.807, 2.05) is 0 Å². The van der Waals surface area contributed by atoms with Gasteiger partial charge in [0.1, 0.15) is 5.78 Å². The Labute approximate surface area is 138 Å². The summed E-state index contributed by atoms with van der Waals surface area (Å²) >= 11 is 0. The molecule has 0 spiro atoms. The fourth-order valence-corrected chi connectivity index (χ4v) is 6.57. The molecule has 2 nitrogen and oxygen atoms in total. The van der Waals surface area contributed by atoms with Gasteiger partial charge in [0.15, 0.2) is 8.32 Å². The predicted molar refractivity (Wildman–Crippen MR) is 95.5 cm³/mol.